The fraction of sp³-hybridized carbons (Fsp3) is 0.167. The summed E-state index contributed by atoms with van der Waals surface area (Å²) in [5.74, 6) is 0.407. The number of aromatic nitrogens is 2. The van der Waals surface area contributed by atoms with Crippen LogP contribution in [-0.4, -0.2) is 30.7 Å². The Labute approximate surface area is 156 Å². The molecule has 2 aromatic carbocycles. The molecule has 1 aromatic heterocycles. The van der Waals surface area contributed by atoms with E-state index in [2.05, 4.69) is 20.2 Å². The Morgan fingerprint density at radius 1 is 1.15 bits per heavy atom. The van der Waals surface area contributed by atoms with Gasteiger partial charge in [0.25, 0.3) is 5.91 Å². The number of rotatable bonds is 6. The van der Waals surface area contributed by atoms with Crippen LogP contribution in [0.2, 0.25) is 0 Å². The first kappa shape index (κ1) is 18.6. The zero-order chi connectivity index (χ0) is 19.4. The molecule has 0 aliphatic carbocycles. The Balaban J connectivity index is 1.64. The van der Waals surface area contributed by atoms with E-state index in [0.29, 0.717) is 22.6 Å². The van der Waals surface area contributed by atoms with E-state index >= 15 is 0 Å². The van der Waals surface area contributed by atoms with E-state index in [9.17, 15) is 13.2 Å². The van der Waals surface area contributed by atoms with Crippen LogP contribution < -0.4 is 10.0 Å². The maximum Gasteiger partial charge on any atom is 0.251 e. The fourth-order valence-electron chi connectivity index (χ4n) is 2.41. The number of amides is 1. The van der Waals surface area contributed by atoms with Crippen LogP contribution in [0.3, 0.4) is 0 Å². The second-order valence-electron chi connectivity index (χ2n) is 5.96. The van der Waals surface area contributed by atoms with Crippen LogP contribution in [0, 0.1) is 6.92 Å². The Morgan fingerprint density at radius 3 is 2.56 bits per heavy atom. The van der Waals surface area contributed by atoms with Crippen molar-refractivity contribution in [2.24, 2.45) is 0 Å². The number of nitrogens with zero attached hydrogens (tertiary/aromatic N) is 2. The molecule has 9 heteroatoms. The molecule has 1 heterocycles. The highest BCUT2D eigenvalue weighted by Gasteiger charge is 2.12. The lowest BCUT2D eigenvalue weighted by Crippen LogP contribution is -2.23. The minimum atomic E-state index is -3.38. The zero-order valence-corrected chi connectivity index (χ0v) is 15.6. The number of hydrogen-bond acceptors (Lipinski definition) is 6. The quantitative estimate of drug-likeness (QED) is 0.672. The van der Waals surface area contributed by atoms with E-state index in [1.54, 1.807) is 25.1 Å². The maximum atomic E-state index is 12.3. The first-order valence-corrected chi connectivity index (χ1v) is 9.95. The van der Waals surface area contributed by atoms with Crippen molar-refractivity contribution in [1.82, 2.24) is 15.5 Å². The number of hydrogen-bond donors (Lipinski definition) is 2. The van der Waals surface area contributed by atoms with Gasteiger partial charge in [0, 0.05) is 11.1 Å². The van der Waals surface area contributed by atoms with Crippen molar-refractivity contribution in [3.05, 3.63) is 65.5 Å². The molecule has 8 nitrogen and oxygen atoms in total. The second-order valence-corrected chi connectivity index (χ2v) is 7.71. The number of carbonyl (C=O) groups excluding carboxylic acids is 1. The molecule has 140 valence electrons. The van der Waals surface area contributed by atoms with E-state index in [4.69, 9.17) is 4.52 Å². The average Bonchev–Trinajstić information content (AvgIpc) is 3.10. The molecule has 0 bridgehead atoms. The number of anilines is 1. The summed E-state index contributed by atoms with van der Waals surface area (Å²) < 4.78 is 30.2. The standard InChI is InChI=1S/C18H18N4O4S/c1-12-10-14(8-9-15(12)22-27(2,24)25)18(23)19-11-16-20-17(21-26-16)13-6-4-3-5-7-13/h3-10,22H,11H2,1-2H3,(H,19,23). The van der Waals surface area contributed by atoms with Crippen LogP contribution in [0.4, 0.5) is 5.69 Å². The molecule has 0 spiro atoms. The van der Waals surface area contributed by atoms with Crippen molar-refractivity contribution in [2.75, 3.05) is 11.0 Å². The van der Waals surface area contributed by atoms with Crippen molar-refractivity contribution in [1.29, 1.82) is 0 Å². The summed E-state index contributed by atoms with van der Waals surface area (Å²) in [7, 11) is -3.38. The van der Waals surface area contributed by atoms with Gasteiger partial charge >= 0.3 is 0 Å². The molecule has 0 atom stereocenters. The molecule has 0 unspecified atom stereocenters. The van der Waals surface area contributed by atoms with Gasteiger partial charge in [-0.1, -0.05) is 35.5 Å². The number of carbonyl (C=O) groups is 1. The smallest absolute Gasteiger partial charge is 0.251 e. The van der Waals surface area contributed by atoms with Crippen molar-refractivity contribution in [2.45, 2.75) is 13.5 Å². The van der Waals surface area contributed by atoms with Gasteiger partial charge in [0.05, 0.1) is 18.5 Å². The number of benzene rings is 2. The summed E-state index contributed by atoms with van der Waals surface area (Å²) in [5.41, 5.74) is 2.29. The second kappa shape index (κ2) is 7.58. The Hall–Kier alpha value is -3.20. The van der Waals surface area contributed by atoms with Gasteiger partial charge in [0.1, 0.15) is 0 Å². The highest BCUT2D eigenvalue weighted by Crippen LogP contribution is 2.18. The fourth-order valence-corrected chi connectivity index (χ4v) is 3.04. The molecule has 3 aromatic rings. The lowest BCUT2D eigenvalue weighted by atomic mass is 10.1. The topological polar surface area (TPSA) is 114 Å². The van der Waals surface area contributed by atoms with E-state index < -0.39 is 10.0 Å². The van der Waals surface area contributed by atoms with Gasteiger partial charge in [0.2, 0.25) is 21.7 Å². The summed E-state index contributed by atoms with van der Waals surface area (Å²) in [6, 6.07) is 14.1. The molecule has 1 amide bonds. The molecule has 27 heavy (non-hydrogen) atoms. The van der Waals surface area contributed by atoms with Gasteiger partial charge in [-0.2, -0.15) is 4.98 Å². The molecule has 3 rings (SSSR count). The highest BCUT2D eigenvalue weighted by molar-refractivity contribution is 7.92. The largest absolute Gasteiger partial charge is 0.343 e. The van der Waals surface area contributed by atoms with E-state index in [1.807, 2.05) is 30.3 Å². The first-order chi connectivity index (χ1) is 12.8. The molecular formula is C18H18N4O4S. The van der Waals surface area contributed by atoms with Crippen LogP contribution in [0.15, 0.2) is 53.1 Å². The third kappa shape index (κ3) is 4.91. The zero-order valence-electron chi connectivity index (χ0n) is 14.8. The molecular weight excluding hydrogens is 368 g/mol. The normalized spacial score (nSPS) is 11.2. The molecule has 0 saturated carbocycles. The van der Waals surface area contributed by atoms with Gasteiger partial charge in [-0.05, 0) is 30.7 Å². The van der Waals surface area contributed by atoms with Crippen LogP contribution >= 0.6 is 0 Å². The predicted octanol–water partition coefficient (Wildman–Crippen LogP) is 2.35. The molecule has 0 radical (unpaired) electrons. The molecule has 0 aliphatic rings. The van der Waals surface area contributed by atoms with E-state index in [1.165, 1.54) is 0 Å². The van der Waals surface area contributed by atoms with Crippen LogP contribution in [0.5, 0.6) is 0 Å². The average molecular weight is 386 g/mol. The summed E-state index contributed by atoms with van der Waals surface area (Å²) in [6.07, 6.45) is 1.07. The van der Waals surface area contributed by atoms with Crippen LogP contribution in [0.25, 0.3) is 11.4 Å². The summed E-state index contributed by atoms with van der Waals surface area (Å²) >= 11 is 0. The Kier molecular flexibility index (Phi) is 5.22. The monoisotopic (exact) mass is 386 g/mol. The molecule has 0 aliphatic heterocycles. The van der Waals surface area contributed by atoms with Gasteiger partial charge in [-0.25, -0.2) is 8.42 Å². The summed E-state index contributed by atoms with van der Waals surface area (Å²) in [5, 5.41) is 6.60. The minimum absolute atomic E-state index is 0.0844. The van der Waals surface area contributed by atoms with Gasteiger partial charge < -0.3 is 9.84 Å². The number of nitrogens with one attached hydrogen (secondary N) is 2. The number of sulfonamides is 1. The number of aryl methyl sites for hydroxylation is 1. The van der Waals surface area contributed by atoms with Gasteiger partial charge in [0.15, 0.2) is 0 Å². The third-order valence-electron chi connectivity index (χ3n) is 3.68. The van der Waals surface area contributed by atoms with Crippen molar-refractivity contribution in [3.8, 4) is 11.4 Å². The summed E-state index contributed by atoms with van der Waals surface area (Å²) in [4.78, 5) is 16.6. The molecule has 0 saturated heterocycles. The highest BCUT2D eigenvalue weighted by atomic mass is 32.2. The van der Waals surface area contributed by atoms with Crippen LogP contribution in [0.1, 0.15) is 21.8 Å². The first-order valence-electron chi connectivity index (χ1n) is 8.06. The van der Waals surface area contributed by atoms with Crippen LogP contribution in [-0.2, 0) is 16.6 Å². The van der Waals surface area contributed by atoms with E-state index in [-0.39, 0.29) is 18.3 Å². The van der Waals surface area contributed by atoms with Crippen molar-refractivity contribution < 1.29 is 17.7 Å². The maximum absolute atomic E-state index is 12.3. The Morgan fingerprint density at radius 2 is 1.89 bits per heavy atom. The van der Waals surface area contributed by atoms with E-state index in [0.717, 1.165) is 11.8 Å². The van der Waals surface area contributed by atoms with Crippen molar-refractivity contribution in [3.63, 3.8) is 0 Å². The minimum Gasteiger partial charge on any atom is -0.343 e. The van der Waals surface area contributed by atoms with Gasteiger partial charge in [-0.15, -0.1) is 0 Å². The van der Waals surface area contributed by atoms with Gasteiger partial charge in [-0.3, -0.25) is 9.52 Å². The lowest BCUT2D eigenvalue weighted by molar-refractivity contribution is 0.0946. The summed E-state index contributed by atoms with van der Waals surface area (Å²) in [6.45, 7) is 1.80. The SMILES string of the molecule is Cc1cc(C(=O)NCc2nc(-c3ccccc3)no2)ccc1NS(C)(=O)=O. The molecule has 2 N–H and O–H groups in total. The molecule has 0 fully saturated rings. The van der Waals surface area contributed by atoms with Crippen molar-refractivity contribution >= 4 is 21.6 Å². The third-order valence-corrected chi connectivity index (χ3v) is 4.27. The lowest BCUT2D eigenvalue weighted by Gasteiger charge is -2.09. The Bertz CT molecular complexity index is 1060. The predicted molar refractivity (Wildman–Crippen MR) is 101 cm³/mol.